The lowest BCUT2D eigenvalue weighted by atomic mass is 9.95. The molecule has 0 spiro atoms. The van der Waals surface area contributed by atoms with Crippen molar-refractivity contribution in [3.8, 4) is 23.1 Å². The predicted octanol–water partition coefficient (Wildman–Crippen LogP) is 4.77. The first-order valence-corrected chi connectivity index (χ1v) is 16.2. The van der Waals surface area contributed by atoms with Gasteiger partial charge in [0.25, 0.3) is 5.91 Å². The van der Waals surface area contributed by atoms with Gasteiger partial charge in [-0.2, -0.15) is 0 Å². The van der Waals surface area contributed by atoms with Crippen molar-refractivity contribution in [2.24, 2.45) is 5.92 Å². The fourth-order valence-corrected chi connectivity index (χ4v) is 7.63. The third-order valence-corrected chi connectivity index (χ3v) is 10.4. The number of aromatic nitrogens is 1. The van der Waals surface area contributed by atoms with Crippen LogP contribution in [0.2, 0.25) is 0 Å². The molecule has 220 valence electrons. The van der Waals surface area contributed by atoms with Crippen LogP contribution in [0.25, 0.3) is 11.3 Å². The second-order valence-electron chi connectivity index (χ2n) is 12.7. The van der Waals surface area contributed by atoms with Gasteiger partial charge < -0.3 is 14.9 Å². The number of aliphatic hydroxyl groups excluding tert-OH is 1. The van der Waals surface area contributed by atoms with E-state index in [1.165, 1.54) is 25.7 Å². The van der Waals surface area contributed by atoms with E-state index in [1.54, 1.807) is 0 Å². The number of carbonyl (C=O) groups excluding carboxylic acids is 1. The predicted molar refractivity (Wildman–Crippen MR) is 164 cm³/mol. The Morgan fingerprint density at radius 1 is 1.12 bits per heavy atom. The number of hydrogen-bond donors (Lipinski definition) is 1. The Morgan fingerprint density at radius 2 is 1.85 bits per heavy atom. The minimum absolute atomic E-state index is 0.0317. The minimum Gasteiger partial charge on any atom is -0.396 e. The highest BCUT2D eigenvalue weighted by atomic mass is 32.2. The van der Waals surface area contributed by atoms with Gasteiger partial charge in [-0.15, -0.1) is 0 Å². The van der Waals surface area contributed by atoms with Gasteiger partial charge in [0.1, 0.15) is 16.7 Å². The molecule has 1 aromatic carbocycles. The first-order valence-electron chi connectivity index (χ1n) is 15.1. The van der Waals surface area contributed by atoms with Crippen LogP contribution < -0.4 is 0 Å². The number of nitrogens with zero attached hydrogens (tertiary/aromatic N) is 4. The molecule has 8 heteroatoms. The Balaban J connectivity index is 1.56. The molecule has 1 aliphatic carbocycles. The molecule has 0 radical (unpaired) electrons. The van der Waals surface area contributed by atoms with E-state index in [1.807, 2.05) is 54.2 Å². The summed E-state index contributed by atoms with van der Waals surface area (Å²) >= 11 is 0. The molecule has 1 saturated carbocycles. The quantitative estimate of drug-likeness (QED) is 0.502. The second kappa shape index (κ2) is 12.7. The molecule has 7 nitrogen and oxygen atoms in total. The van der Waals surface area contributed by atoms with Crippen LogP contribution >= 0.6 is 0 Å². The van der Waals surface area contributed by atoms with Crippen molar-refractivity contribution in [1.29, 1.82) is 0 Å². The van der Waals surface area contributed by atoms with Gasteiger partial charge in [0, 0.05) is 62.4 Å². The highest BCUT2D eigenvalue weighted by Gasteiger charge is 2.40. The number of carbonyl (C=O) groups is 1. The highest BCUT2D eigenvalue weighted by Crippen LogP contribution is 2.44. The van der Waals surface area contributed by atoms with E-state index in [0.717, 1.165) is 47.5 Å². The Morgan fingerprint density at radius 3 is 2.54 bits per heavy atom. The molecule has 1 amide bonds. The smallest absolute Gasteiger partial charge is 0.272 e. The first kappa shape index (κ1) is 29.9. The summed E-state index contributed by atoms with van der Waals surface area (Å²) < 4.78 is 15.2. The maximum Gasteiger partial charge on any atom is 0.272 e. The zero-order valence-corrected chi connectivity index (χ0v) is 25.8. The van der Waals surface area contributed by atoms with E-state index in [2.05, 4.69) is 29.9 Å². The van der Waals surface area contributed by atoms with Gasteiger partial charge in [0.2, 0.25) is 0 Å². The molecule has 2 aromatic rings. The lowest BCUT2D eigenvalue weighted by Crippen LogP contribution is -2.47. The molecule has 1 aromatic heterocycles. The largest absolute Gasteiger partial charge is 0.396 e. The zero-order chi connectivity index (χ0) is 29.1. The lowest BCUT2D eigenvalue weighted by molar-refractivity contribution is 0.0658. The van der Waals surface area contributed by atoms with Gasteiger partial charge >= 0.3 is 0 Å². The number of likely N-dealkylation sites (N-methyl/N-ethyl adjacent to an activating group) is 1. The van der Waals surface area contributed by atoms with Crippen LogP contribution in [0.15, 0.2) is 30.3 Å². The van der Waals surface area contributed by atoms with Gasteiger partial charge in [0.05, 0.1) is 16.5 Å². The van der Waals surface area contributed by atoms with Gasteiger partial charge in [-0.3, -0.25) is 4.79 Å². The minimum atomic E-state index is -1.30. The van der Waals surface area contributed by atoms with E-state index in [9.17, 15) is 14.1 Å². The van der Waals surface area contributed by atoms with Crippen LogP contribution in [0.1, 0.15) is 92.5 Å². The second-order valence-corrected chi connectivity index (χ2v) is 14.9. The summed E-state index contributed by atoms with van der Waals surface area (Å²) in [5, 5.41) is 10.1. The number of fused-ring (bicyclic) bond motifs is 1. The van der Waals surface area contributed by atoms with Crippen molar-refractivity contribution in [1.82, 2.24) is 19.1 Å². The van der Waals surface area contributed by atoms with E-state index in [0.29, 0.717) is 37.7 Å². The molecule has 0 bridgehead atoms. The third kappa shape index (κ3) is 6.75. The third-order valence-electron chi connectivity index (χ3n) is 8.53. The monoisotopic (exact) mass is 576 g/mol. The number of amides is 1. The molecule has 41 heavy (non-hydrogen) atoms. The molecular formula is C33H44N4O3S. The molecule has 2 aliphatic heterocycles. The van der Waals surface area contributed by atoms with Crippen LogP contribution in [0.5, 0.6) is 0 Å². The maximum absolute atomic E-state index is 13.7. The summed E-state index contributed by atoms with van der Waals surface area (Å²) in [4.78, 5) is 22.8. The number of rotatable bonds is 6. The fraction of sp³-hybridized carbons (Fsp3) is 0.576. The first-order chi connectivity index (χ1) is 19.7. The number of hydrogen-bond acceptors (Lipinski definition) is 5. The van der Waals surface area contributed by atoms with Crippen LogP contribution in [-0.4, -0.2) is 78.9 Å². The molecule has 5 rings (SSSR count). The van der Waals surface area contributed by atoms with Crippen molar-refractivity contribution < 1.29 is 14.1 Å². The van der Waals surface area contributed by atoms with Crippen LogP contribution in [0, 0.1) is 17.8 Å². The number of piperazine rings is 1. The van der Waals surface area contributed by atoms with Crippen LogP contribution in [0.4, 0.5) is 0 Å². The average molecular weight is 577 g/mol. The van der Waals surface area contributed by atoms with E-state index < -0.39 is 15.7 Å². The van der Waals surface area contributed by atoms with Gasteiger partial charge in [-0.1, -0.05) is 36.8 Å². The number of pyridine rings is 1. The van der Waals surface area contributed by atoms with Gasteiger partial charge in [-0.25, -0.2) is 13.5 Å². The summed E-state index contributed by atoms with van der Waals surface area (Å²) in [6.45, 7) is 9.33. The van der Waals surface area contributed by atoms with Crippen molar-refractivity contribution >= 4 is 16.9 Å². The van der Waals surface area contributed by atoms with E-state index in [4.69, 9.17) is 4.98 Å². The van der Waals surface area contributed by atoms with Crippen molar-refractivity contribution in [2.45, 2.75) is 76.6 Å². The zero-order valence-electron chi connectivity index (χ0n) is 25.0. The Labute approximate surface area is 247 Å². The van der Waals surface area contributed by atoms with Crippen LogP contribution in [0.3, 0.4) is 0 Å². The normalized spacial score (nSPS) is 21.0. The molecule has 2 atom stereocenters. The molecule has 1 N–H and O–H groups in total. The summed E-state index contributed by atoms with van der Waals surface area (Å²) in [5.41, 5.74) is 4.90. The Kier molecular flexibility index (Phi) is 9.30. The van der Waals surface area contributed by atoms with Gasteiger partial charge in [0.15, 0.2) is 0 Å². The SMILES string of the molecule is CN1CCN(C(=O)c2cc3c(c(-c4cccc(C#CCC5CCCC5)c4)n2)[C@@H](CCO)N(S(=O)C(C)(C)C)C3)CC1. The van der Waals surface area contributed by atoms with Crippen LogP contribution in [-0.2, 0) is 17.5 Å². The summed E-state index contributed by atoms with van der Waals surface area (Å²) in [5.74, 6) is 7.42. The summed E-state index contributed by atoms with van der Waals surface area (Å²) in [6.07, 6.45) is 6.55. The van der Waals surface area contributed by atoms with Crippen molar-refractivity contribution in [3.05, 3.63) is 52.7 Å². The highest BCUT2D eigenvalue weighted by molar-refractivity contribution is 7.84. The van der Waals surface area contributed by atoms with Crippen molar-refractivity contribution in [2.75, 3.05) is 39.8 Å². The summed E-state index contributed by atoms with van der Waals surface area (Å²) in [6, 6.07) is 9.75. The molecule has 3 heterocycles. The Bertz CT molecular complexity index is 1340. The van der Waals surface area contributed by atoms with Crippen molar-refractivity contribution in [3.63, 3.8) is 0 Å². The lowest BCUT2D eigenvalue weighted by Gasteiger charge is -2.32. The molecule has 3 aliphatic rings. The van der Waals surface area contributed by atoms with E-state index in [-0.39, 0.29) is 18.6 Å². The molecule has 1 saturated heterocycles. The molecular weight excluding hydrogens is 532 g/mol. The van der Waals surface area contributed by atoms with E-state index >= 15 is 0 Å². The standard InChI is InChI=1S/C33H44N4O3S/c1-33(2,3)41(40)37-23-27-22-28(32(39)36-18-16-35(4)17-19-36)34-31(30(27)29(37)15-20-38)26-14-8-13-25(21-26)12-7-11-24-9-5-6-10-24/h8,13-14,21-22,24,29,38H,5-6,9-11,15-20,23H2,1-4H3/t29-,41?/m1/s1. The average Bonchev–Trinajstić information content (AvgIpc) is 3.60. The topological polar surface area (TPSA) is 77.0 Å². The fourth-order valence-electron chi connectivity index (χ4n) is 6.23. The summed E-state index contributed by atoms with van der Waals surface area (Å²) in [7, 11) is 0.772. The Hall–Kier alpha value is -2.57. The number of aliphatic hydroxyl groups is 1. The molecule has 2 fully saturated rings. The maximum atomic E-state index is 13.7. The van der Waals surface area contributed by atoms with Gasteiger partial charge in [-0.05, 0) is 76.8 Å². The molecule has 1 unspecified atom stereocenters. The number of benzene rings is 1.